The fourth-order valence-corrected chi connectivity index (χ4v) is 4.01. The van der Waals surface area contributed by atoms with Crippen LogP contribution in [0, 0.1) is 0 Å². The van der Waals surface area contributed by atoms with Gasteiger partial charge in [-0.15, -0.1) is 11.8 Å². The largest absolute Gasteiger partial charge is 0.484 e. The number of ether oxygens (including phenoxy) is 1. The highest BCUT2D eigenvalue weighted by Gasteiger charge is 2.30. The average molecular weight is 489 g/mol. The van der Waals surface area contributed by atoms with Crippen LogP contribution < -0.4 is 15.4 Å². The molecule has 0 aliphatic heterocycles. The molecule has 0 spiro atoms. The summed E-state index contributed by atoms with van der Waals surface area (Å²) in [5.74, 6) is -0.155. The van der Waals surface area contributed by atoms with E-state index in [1.165, 1.54) is 23.9 Å². The molecular weight excluding hydrogens is 465 g/mol. The Hall–Kier alpha value is -3.46. The van der Waals surface area contributed by atoms with Crippen LogP contribution in [0.1, 0.15) is 18.9 Å². The van der Waals surface area contributed by atoms with Crippen LogP contribution in [0.25, 0.3) is 0 Å². The van der Waals surface area contributed by atoms with Gasteiger partial charge in [0, 0.05) is 16.3 Å². The lowest BCUT2D eigenvalue weighted by Gasteiger charge is -2.16. The van der Waals surface area contributed by atoms with E-state index in [9.17, 15) is 22.8 Å². The maximum atomic E-state index is 12.9. The summed E-state index contributed by atoms with van der Waals surface area (Å²) < 4.78 is 44.2. The summed E-state index contributed by atoms with van der Waals surface area (Å²) in [6.07, 6.45) is -4.03. The number of alkyl halides is 3. The van der Waals surface area contributed by atoms with E-state index < -0.39 is 22.9 Å². The number of para-hydroxylation sites is 1. The Morgan fingerprint density at radius 1 is 0.912 bits per heavy atom. The number of halogens is 3. The molecule has 0 bridgehead atoms. The molecular formula is C25H23F3N2O3S. The van der Waals surface area contributed by atoms with Gasteiger partial charge in [-0.1, -0.05) is 37.3 Å². The standard InChI is InChI=1S/C25H23F3N2O3S/c1-2-22(24(32)30-18-9-6-8-17(14-18)25(26,27)28)34-21-13-7-10-19(15-21)29-23(31)16-33-20-11-4-3-5-12-20/h3-15,22H,2,16H2,1H3,(H,29,31)(H,30,32). The average Bonchev–Trinajstić information content (AvgIpc) is 2.81. The van der Waals surface area contributed by atoms with Gasteiger partial charge in [0.25, 0.3) is 5.91 Å². The maximum absolute atomic E-state index is 12.9. The zero-order chi connectivity index (χ0) is 24.6. The van der Waals surface area contributed by atoms with Gasteiger partial charge in [-0.05, 0) is 55.0 Å². The first-order chi connectivity index (χ1) is 16.2. The third-order valence-corrected chi connectivity index (χ3v) is 5.99. The molecule has 2 N–H and O–H groups in total. The van der Waals surface area contributed by atoms with Crippen molar-refractivity contribution in [3.05, 3.63) is 84.4 Å². The van der Waals surface area contributed by atoms with E-state index in [0.29, 0.717) is 17.9 Å². The SMILES string of the molecule is CCC(Sc1cccc(NC(=O)COc2ccccc2)c1)C(=O)Nc1cccc(C(F)(F)F)c1. The minimum absolute atomic E-state index is 0.0818. The molecule has 5 nitrogen and oxygen atoms in total. The molecule has 0 saturated heterocycles. The van der Waals surface area contributed by atoms with Gasteiger partial charge in [0.15, 0.2) is 6.61 Å². The number of rotatable bonds is 9. The summed E-state index contributed by atoms with van der Waals surface area (Å²) in [6, 6.07) is 20.5. The number of hydrogen-bond donors (Lipinski definition) is 2. The number of amides is 2. The van der Waals surface area contributed by atoms with Crippen LogP contribution in [0.2, 0.25) is 0 Å². The minimum Gasteiger partial charge on any atom is -0.484 e. The van der Waals surface area contributed by atoms with Gasteiger partial charge >= 0.3 is 6.18 Å². The predicted molar refractivity (Wildman–Crippen MR) is 127 cm³/mol. The Balaban J connectivity index is 1.59. The Kier molecular flexibility index (Phi) is 8.59. The van der Waals surface area contributed by atoms with Gasteiger partial charge < -0.3 is 15.4 Å². The number of carbonyl (C=O) groups excluding carboxylic acids is 2. The highest BCUT2D eigenvalue weighted by molar-refractivity contribution is 8.00. The lowest BCUT2D eigenvalue weighted by atomic mass is 10.2. The van der Waals surface area contributed by atoms with Crippen LogP contribution in [0.3, 0.4) is 0 Å². The molecule has 1 unspecified atom stereocenters. The maximum Gasteiger partial charge on any atom is 0.416 e. The van der Waals surface area contributed by atoms with Crippen molar-refractivity contribution in [2.45, 2.75) is 29.7 Å². The van der Waals surface area contributed by atoms with Gasteiger partial charge in [-0.25, -0.2) is 0 Å². The van der Waals surface area contributed by atoms with E-state index in [2.05, 4.69) is 10.6 Å². The van der Waals surface area contributed by atoms with Gasteiger partial charge in [0.2, 0.25) is 5.91 Å². The van der Waals surface area contributed by atoms with E-state index in [0.717, 1.165) is 17.0 Å². The van der Waals surface area contributed by atoms with Crippen molar-refractivity contribution in [2.24, 2.45) is 0 Å². The number of carbonyl (C=O) groups is 2. The highest BCUT2D eigenvalue weighted by atomic mass is 32.2. The third-order valence-electron chi connectivity index (χ3n) is 4.63. The molecule has 3 aromatic rings. The van der Waals surface area contributed by atoms with Crippen molar-refractivity contribution < 1.29 is 27.5 Å². The van der Waals surface area contributed by atoms with Crippen molar-refractivity contribution >= 4 is 35.0 Å². The van der Waals surface area contributed by atoms with E-state index in [1.807, 2.05) is 13.0 Å². The molecule has 178 valence electrons. The smallest absolute Gasteiger partial charge is 0.416 e. The number of hydrogen-bond acceptors (Lipinski definition) is 4. The number of nitrogens with one attached hydrogen (secondary N) is 2. The lowest BCUT2D eigenvalue weighted by molar-refractivity contribution is -0.137. The molecule has 1 atom stereocenters. The number of anilines is 2. The van der Waals surface area contributed by atoms with E-state index >= 15 is 0 Å². The second kappa shape index (κ2) is 11.6. The Morgan fingerprint density at radius 3 is 2.26 bits per heavy atom. The van der Waals surface area contributed by atoms with Crippen LogP contribution >= 0.6 is 11.8 Å². The molecule has 3 aromatic carbocycles. The summed E-state index contributed by atoms with van der Waals surface area (Å²) in [5.41, 5.74) is -0.205. The zero-order valence-corrected chi connectivity index (χ0v) is 19.1. The van der Waals surface area contributed by atoms with Crippen molar-refractivity contribution in [3.8, 4) is 5.75 Å². The molecule has 0 aliphatic rings. The summed E-state index contributed by atoms with van der Waals surface area (Å²) in [4.78, 5) is 25.6. The van der Waals surface area contributed by atoms with Gasteiger partial charge in [-0.2, -0.15) is 13.2 Å². The number of benzene rings is 3. The van der Waals surface area contributed by atoms with Gasteiger partial charge in [0.1, 0.15) is 5.75 Å². The molecule has 0 fully saturated rings. The normalized spacial score (nSPS) is 12.0. The Bertz CT molecular complexity index is 1120. The molecule has 9 heteroatoms. The van der Waals surface area contributed by atoms with Crippen LogP contribution in [0.4, 0.5) is 24.5 Å². The van der Waals surface area contributed by atoms with Gasteiger partial charge in [0.05, 0.1) is 10.8 Å². The molecule has 2 amide bonds. The second-order valence-corrected chi connectivity index (χ2v) is 8.54. The summed E-state index contributed by atoms with van der Waals surface area (Å²) >= 11 is 1.26. The highest BCUT2D eigenvalue weighted by Crippen LogP contribution is 2.32. The zero-order valence-electron chi connectivity index (χ0n) is 18.3. The minimum atomic E-state index is -4.49. The molecule has 3 rings (SSSR count). The second-order valence-electron chi connectivity index (χ2n) is 7.26. The predicted octanol–water partition coefficient (Wildman–Crippen LogP) is 6.23. The topological polar surface area (TPSA) is 67.4 Å². The molecule has 0 aliphatic carbocycles. The Morgan fingerprint density at radius 2 is 1.59 bits per heavy atom. The van der Waals surface area contributed by atoms with Gasteiger partial charge in [-0.3, -0.25) is 9.59 Å². The van der Waals surface area contributed by atoms with Crippen molar-refractivity contribution in [3.63, 3.8) is 0 Å². The molecule has 0 saturated carbocycles. The summed E-state index contributed by atoms with van der Waals surface area (Å²) in [6.45, 7) is 1.66. The van der Waals surface area contributed by atoms with E-state index in [4.69, 9.17) is 4.74 Å². The van der Waals surface area contributed by atoms with Crippen LogP contribution in [0.15, 0.2) is 83.8 Å². The number of thioether (sulfide) groups is 1. The third kappa shape index (κ3) is 7.55. The van der Waals surface area contributed by atoms with Crippen molar-refractivity contribution in [1.29, 1.82) is 0 Å². The molecule has 0 heterocycles. The fraction of sp³-hybridized carbons (Fsp3) is 0.200. The monoisotopic (exact) mass is 488 g/mol. The van der Waals surface area contributed by atoms with Crippen molar-refractivity contribution in [2.75, 3.05) is 17.2 Å². The summed E-state index contributed by atoms with van der Waals surface area (Å²) in [7, 11) is 0. The van der Waals surface area contributed by atoms with E-state index in [1.54, 1.807) is 48.5 Å². The molecule has 0 aromatic heterocycles. The van der Waals surface area contributed by atoms with E-state index in [-0.39, 0.29) is 18.2 Å². The first-order valence-corrected chi connectivity index (χ1v) is 11.3. The van der Waals surface area contributed by atoms with Crippen LogP contribution in [-0.4, -0.2) is 23.7 Å². The van der Waals surface area contributed by atoms with Crippen LogP contribution in [0.5, 0.6) is 5.75 Å². The van der Waals surface area contributed by atoms with Crippen molar-refractivity contribution in [1.82, 2.24) is 0 Å². The first-order valence-electron chi connectivity index (χ1n) is 10.5. The quantitative estimate of drug-likeness (QED) is 0.350. The molecule has 0 radical (unpaired) electrons. The molecule has 34 heavy (non-hydrogen) atoms. The first kappa shape index (κ1) is 25.2. The Labute approximate surface area is 199 Å². The lowest BCUT2D eigenvalue weighted by Crippen LogP contribution is -2.24. The van der Waals surface area contributed by atoms with Crippen LogP contribution in [-0.2, 0) is 15.8 Å². The fourth-order valence-electron chi connectivity index (χ4n) is 2.99. The summed E-state index contributed by atoms with van der Waals surface area (Å²) in [5, 5.41) is 4.77.